The summed E-state index contributed by atoms with van der Waals surface area (Å²) in [6.07, 6.45) is 3.74. The molecule has 1 atom stereocenters. The number of hydrogen-bond donors (Lipinski definition) is 0. The molecule has 1 unspecified atom stereocenters. The fourth-order valence-corrected chi connectivity index (χ4v) is 2.16. The van der Waals surface area contributed by atoms with Crippen LogP contribution in [0.4, 0.5) is 0 Å². The van der Waals surface area contributed by atoms with Gasteiger partial charge in [0, 0.05) is 0 Å². The summed E-state index contributed by atoms with van der Waals surface area (Å²) in [6, 6.07) is 16.5. The van der Waals surface area contributed by atoms with Crippen molar-refractivity contribution in [2.75, 3.05) is 0 Å². The summed E-state index contributed by atoms with van der Waals surface area (Å²) < 4.78 is 4.77. The minimum Gasteiger partial charge on any atom is -0.388 e. The number of nitrogens with zero attached hydrogens (tertiary/aromatic N) is 1. The Bertz CT molecular complexity index is 578. The van der Waals surface area contributed by atoms with Crippen molar-refractivity contribution in [2.45, 2.75) is 32.6 Å². The van der Waals surface area contributed by atoms with Crippen LogP contribution < -0.4 is 4.74 Å². The quantitative estimate of drug-likeness (QED) is 0.737. The first-order valence-corrected chi connectivity index (χ1v) is 6.96. The van der Waals surface area contributed by atoms with Crippen LogP contribution in [0.1, 0.15) is 42.9 Å². The lowest BCUT2D eigenvalue weighted by molar-refractivity contribution is 0.507. The Hall–Kier alpha value is -2.27. The predicted octanol–water partition coefficient (Wildman–Crippen LogP) is 4.65. The average molecular weight is 265 g/mol. The first kappa shape index (κ1) is 14.1. The smallest absolute Gasteiger partial charge is 0.292 e. The van der Waals surface area contributed by atoms with Gasteiger partial charge >= 0.3 is 0 Å². The molecule has 2 heteroatoms. The van der Waals surface area contributed by atoms with Crippen LogP contribution in [0, 0.1) is 11.5 Å². The van der Waals surface area contributed by atoms with Crippen LogP contribution >= 0.6 is 0 Å². The molecule has 0 radical (unpaired) electrons. The fraction of sp³-hybridized carbons (Fsp3) is 0.278. The number of hydrogen-bond acceptors (Lipinski definition) is 2. The molecule has 0 aliphatic heterocycles. The molecule has 0 aromatic heterocycles. The Morgan fingerprint density at radius 3 is 2.05 bits per heavy atom. The second-order valence-corrected chi connectivity index (χ2v) is 5.06. The number of ether oxygens (including phenoxy) is 1. The molecule has 0 amide bonds. The zero-order valence-corrected chi connectivity index (χ0v) is 12.0. The predicted molar refractivity (Wildman–Crippen MR) is 80.6 cm³/mol. The van der Waals surface area contributed by atoms with Gasteiger partial charge in [0.05, 0.1) is 0 Å². The third-order valence-electron chi connectivity index (χ3n) is 3.66. The lowest BCUT2D eigenvalue weighted by atomic mass is 9.96. The molecule has 0 saturated carbocycles. The van der Waals surface area contributed by atoms with E-state index in [-0.39, 0.29) is 0 Å². The van der Waals surface area contributed by atoms with E-state index in [0.29, 0.717) is 11.7 Å². The molecule has 0 heterocycles. The summed E-state index contributed by atoms with van der Waals surface area (Å²) in [7, 11) is 0. The molecule has 0 spiro atoms. The van der Waals surface area contributed by atoms with E-state index in [4.69, 9.17) is 10.00 Å². The molecule has 0 fully saturated rings. The van der Waals surface area contributed by atoms with Crippen molar-refractivity contribution in [3.63, 3.8) is 0 Å². The van der Waals surface area contributed by atoms with Crippen molar-refractivity contribution in [1.82, 2.24) is 0 Å². The van der Waals surface area contributed by atoms with E-state index in [0.717, 1.165) is 6.42 Å². The van der Waals surface area contributed by atoms with Crippen LogP contribution in [-0.4, -0.2) is 0 Å². The third kappa shape index (κ3) is 3.61. The van der Waals surface area contributed by atoms with E-state index >= 15 is 0 Å². The molecule has 2 rings (SSSR count). The Morgan fingerprint density at radius 2 is 1.55 bits per heavy atom. The Morgan fingerprint density at radius 1 is 1.00 bits per heavy atom. The van der Waals surface area contributed by atoms with Gasteiger partial charge in [0.25, 0.3) is 6.26 Å². The maximum Gasteiger partial charge on any atom is 0.292 e. The molecule has 102 valence electrons. The van der Waals surface area contributed by atoms with Gasteiger partial charge in [-0.05, 0) is 47.6 Å². The van der Waals surface area contributed by atoms with E-state index in [2.05, 4.69) is 38.1 Å². The Kier molecular flexibility index (Phi) is 4.79. The molecule has 0 bridgehead atoms. The molecule has 0 N–H and O–H groups in total. The number of rotatable bonds is 5. The van der Waals surface area contributed by atoms with Crippen molar-refractivity contribution >= 4 is 0 Å². The van der Waals surface area contributed by atoms with Gasteiger partial charge in [-0.3, -0.25) is 0 Å². The first-order valence-electron chi connectivity index (χ1n) is 6.96. The largest absolute Gasteiger partial charge is 0.388 e. The van der Waals surface area contributed by atoms with Crippen LogP contribution in [0.3, 0.4) is 0 Å². The maximum atomic E-state index is 8.44. The van der Waals surface area contributed by atoms with Crippen LogP contribution in [-0.2, 0) is 6.42 Å². The normalized spacial score (nSPS) is 11.7. The first-order chi connectivity index (χ1) is 9.72. The van der Waals surface area contributed by atoms with Gasteiger partial charge < -0.3 is 4.74 Å². The van der Waals surface area contributed by atoms with Gasteiger partial charge in [-0.2, -0.15) is 0 Å². The summed E-state index contributed by atoms with van der Waals surface area (Å²) in [5.74, 6) is 1.20. The standard InChI is InChI=1S/C18H19NO/c1-3-14(2)17-8-4-15(5-9-17)12-16-6-10-18(11-7-16)20-13-19/h4-11,14H,3,12H2,1-2H3. The van der Waals surface area contributed by atoms with Gasteiger partial charge in [-0.25, -0.2) is 0 Å². The van der Waals surface area contributed by atoms with Crippen LogP contribution in [0.2, 0.25) is 0 Å². The minimum absolute atomic E-state index is 0.586. The van der Waals surface area contributed by atoms with Gasteiger partial charge in [0.1, 0.15) is 5.75 Å². The minimum atomic E-state index is 0.586. The molecule has 20 heavy (non-hydrogen) atoms. The Labute approximate surface area is 120 Å². The van der Waals surface area contributed by atoms with Gasteiger partial charge in [0.2, 0.25) is 0 Å². The molecule has 2 aromatic rings. The highest BCUT2D eigenvalue weighted by atomic mass is 16.5. The summed E-state index contributed by atoms with van der Waals surface area (Å²) in [5, 5.41) is 8.44. The lowest BCUT2D eigenvalue weighted by Gasteiger charge is -2.10. The van der Waals surface area contributed by atoms with Crippen molar-refractivity contribution < 1.29 is 4.74 Å². The van der Waals surface area contributed by atoms with Gasteiger partial charge in [-0.15, -0.1) is 5.26 Å². The summed E-state index contributed by atoms with van der Waals surface area (Å²) in [4.78, 5) is 0. The number of benzene rings is 2. The third-order valence-corrected chi connectivity index (χ3v) is 3.66. The molecular weight excluding hydrogens is 246 g/mol. The zero-order valence-electron chi connectivity index (χ0n) is 12.0. The highest BCUT2D eigenvalue weighted by molar-refractivity contribution is 5.33. The molecule has 0 saturated heterocycles. The molecule has 0 aliphatic carbocycles. The Balaban J connectivity index is 2.04. The molecular formula is C18H19NO. The van der Waals surface area contributed by atoms with Gasteiger partial charge in [-0.1, -0.05) is 50.2 Å². The lowest BCUT2D eigenvalue weighted by Crippen LogP contribution is -1.93. The average Bonchev–Trinajstić information content (AvgIpc) is 2.49. The summed E-state index contributed by atoms with van der Waals surface area (Å²) >= 11 is 0. The SMILES string of the molecule is CCC(C)c1ccc(Cc2ccc(OC#N)cc2)cc1. The van der Waals surface area contributed by atoms with E-state index in [1.54, 1.807) is 6.26 Å². The molecule has 0 aliphatic rings. The zero-order chi connectivity index (χ0) is 14.4. The van der Waals surface area contributed by atoms with Crippen molar-refractivity contribution in [1.29, 1.82) is 5.26 Å². The van der Waals surface area contributed by atoms with Crippen LogP contribution in [0.25, 0.3) is 0 Å². The van der Waals surface area contributed by atoms with Crippen LogP contribution in [0.5, 0.6) is 5.75 Å². The second kappa shape index (κ2) is 6.77. The van der Waals surface area contributed by atoms with Crippen molar-refractivity contribution in [3.8, 4) is 12.0 Å². The highest BCUT2D eigenvalue weighted by Crippen LogP contribution is 2.20. The second-order valence-electron chi connectivity index (χ2n) is 5.06. The van der Waals surface area contributed by atoms with E-state index in [9.17, 15) is 0 Å². The highest BCUT2D eigenvalue weighted by Gasteiger charge is 2.03. The number of nitriles is 1. The van der Waals surface area contributed by atoms with Crippen molar-refractivity contribution in [2.24, 2.45) is 0 Å². The van der Waals surface area contributed by atoms with Crippen LogP contribution in [0.15, 0.2) is 48.5 Å². The monoisotopic (exact) mass is 265 g/mol. The molecule has 2 nitrogen and oxygen atoms in total. The van der Waals surface area contributed by atoms with E-state index in [1.165, 1.54) is 23.1 Å². The van der Waals surface area contributed by atoms with E-state index < -0.39 is 0 Å². The molecule has 2 aromatic carbocycles. The summed E-state index contributed by atoms with van der Waals surface area (Å²) in [5.41, 5.74) is 3.91. The fourth-order valence-electron chi connectivity index (χ4n) is 2.16. The maximum absolute atomic E-state index is 8.44. The van der Waals surface area contributed by atoms with Gasteiger partial charge in [0.15, 0.2) is 0 Å². The van der Waals surface area contributed by atoms with Crippen molar-refractivity contribution in [3.05, 3.63) is 65.2 Å². The van der Waals surface area contributed by atoms with E-state index in [1.807, 2.05) is 24.3 Å². The topological polar surface area (TPSA) is 33.0 Å². The summed E-state index contributed by atoms with van der Waals surface area (Å²) in [6.45, 7) is 4.46.